The van der Waals surface area contributed by atoms with Crippen LogP contribution in [0, 0.1) is 5.82 Å². The molecule has 0 N–H and O–H groups in total. The molecule has 5 nitrogen and oxygen atoms in total. The van der Waals surface area contributed by atoms with Gasteiger partial charge in [0.25, 0.3) is 5.56 Å². The Morgan fingerprint density at radius 1 is 1.26 bits per heavy atom. The third-order valence-corrected chi connectivity index (χ3v) is 3.56. The minimum Gasteiger partial charge on any atom is -0.266 e. The number of aryl methyl sites for hydroxylation is 1. The quantitative estimate of drug-likeness (QED) is 0.637. The first-order chi connectivity index (χ1) is 10.7. The van der Waals surface area contributed by atoms with Crippen LogP contribution in [0.3, 0.4) is 0 Å². The molecular weight excluding hydrogens is 340 g/mol. The predicted octanol–water partition coefficient (Wildman–Crippen LogP) is 2.93. The van der Waals surface area contributed by atoms with Gasteiger partial charge in [0.05, 0.1) is 11.8 Å². The van der Waals surface area contributed by atoms with E-state index in [2.05, 4.69) is 10.2 Å². The van der Waals surface area contributed by atoms with Crippen molar-refractivity contribution >= 4 is 22.6 Å². The van der Waals surface area contributed by atoms with Crippen molar-refractivity contribution in [3.8, 4) is 5.69 Å². The average molecular weight is 347 g/mol. The minimum atomic E-state index is -4.69. The van der Waals surface area contributed by atoms with Crippen molar-refractivity contribution in [3.05, 3.63) is 51.2 Å². The smallest absolute Gasteiger partial charge is 0.266 e. The molecule has 10 heteroatoms. The maximum absolute atomic E-state index is 13.9. The molecule has 0 aliphatic heterocycles. The molecule has 0 amide bonds. The van der Waals surface area contributed by atoms with Gasteiger partial charge in [-0.25, -0.2) is 4.39 Å². The van der Waals surface area contributed by atoms with Crippen molar-refractivity contribution in [1.29, 1.82) is 0 Å². The summed E-state index contributed by atoms with van der Waals surface area (Å²) >= 11 is 5.93. The molecule has 2 heterocycles. The predicted molar refractivity (Wildman–Crippen MR) is 74.1 cm³/mol. The second kappa shape index (κ2) is 5.05. The van der Waals surface area contributed by atoms with E-state index in [0.717, 1.165) is 0 Å². The van der Waals surface area contributed by atoms with Crippen LogP contribution in [-0.4, -0.2) is 19.6 Å². The van der Waals surface area contributed by atoms with Gasteiger partial charge in [-0.2, -0.15) is 28.1 Å². The summed E-state index contributed by atoms with van der Waals surface area (Å²) in [7, 11) is 1.52. The first-order valence-electron chi connectivity index (χ1n) is 6.18. The first kappa shape index (κ1) is 15.5. The number of fused-ring (bicyclic) bond motifs is 1. The number of nitrogens with zero attached hydrogens (tertiary/aromatic N) is 4. The lowest BCUT2D eigenvalue weighted by molar-refractivity contribution is -0.137. The number of aromatic nitrogens is 4. The molecule has 0 bridgehead atoms. The second-order valence-electron chi connectivity index (χ2n) is 4.70. The molecule has 3 rings (SSSR count). The third-order valence-electron chi connectivity index (χ3n) is 3.22. The highest BCUT2D eigenvalue weighted by molar-refractivity contribution is 6.34. The maximum Gasteiger partial charge on any atom is 0.416 e. The van der Waals surface area contributed by atoms with Crippen molar-refractivity contribution in [2.45, 2.75) is 6.18 Å². The van der Waals surface area contributed by atoms with E-state index in [4.69, 9.17) is 11.6 Å². The molecule has 0 atom stereocenters. The van der Waals surface area contributed by atoms with E-state index in [0.29, 0.717) is 22.9 Å². The summed E-state index contributed by atoms with van der Waals surface area (Å²) in [4.78, 5) is 12.2. The fraction of sp³-hybridized carbons (Fsp3) is 0.154. The summed E-state index contributed by atoms with van der Waals surface area (Å²) in [6.45, 7) is 0. The molecule has 0 radical (unpaired) electrons. The van der Waals surface area contributed by atoms with E-state index in [1.807, 2.05) is 0 Å². The molecule has 23 heavy (non-hydrogen) atoms. The fourth-order valence-corrected chi connectivity index (χ4v) is 2.41. The van der Waals surface area contributed by atoms with Crippen LogP contribution in [0.25, 0.3) is 16.7 Å². The van der Waals surface area contributed by atoms with Crippen LogP contribution in [0.1, 0.15) is 5.56 Å². The van der Waals surface area contributed by atoms with E-state index in [-0.39, 0.29) is 16.1 Å². The summed E-state index contributed by atoms with van der Waals surface area (Å²) in [5.41, 5.74) is -2.34. The molecule has 3 aromatic rings. The van der Waals surface area contributed by atoms with Gasteiger partial charge in [0.15, 0.2) is 0 Å². The average Bonchev–Trinajstić information content (AvgIpc) is 2.84. The van der Waals surface area contributed by atoms with Crippen molar-refractivity contribution in [1.82, 2.24) is 19.6 Å². The summed E-state index contributed by atoms with van der Waals surface area (Å²) in [6, 6.07) is 1.70. The van der Waals surface area contributed by atoms with Gasteiger partial charge in [0.2, 0.25) is 0 Å². The van der Waals surface area contributed by atoms with Gasteiger partial charge in [-0.15, -0.1) is 0 Å². The van der Waals surface area contributed by atoms with Crippen molar-refractivity contribution in [3.63, 3.8) is 0 Å². The van der Waals surface area contributed by atoms with E-state index < -0.39 is 28.8 Å². The number of hydrogen-bond acceptors (Lipinski definition) is 3. The molecule has 0 spiro atoms. The topological polar surface area (TPSA) is 52.7 Å². The molecule has 0 unspecified atom stereocenters. The number of rotatable bonds is 1. The zero-order chi connectivity index (χ0) is 16.9. The fourth-order valence-electron chi connectivity index (χ4n) is 2.12. The molecule has 0 saturated heterocycles. The number of halogens is 5. The summed E-state index contributed by atoms with van der Waals surface area (Å²) in [5.74, 6) is -1.04. The molecule has 2 aromatic heterocycles. The summed E-state index contributed by atoms with van der Waals surface area (Å²) in [6.07, 6.45) is -3.42. The number of hydrogen-bond donors (Lipinski definition) is 0. The number of alkyl halides is 3. The van der Waals surface area contributed by atoms with Crippen LogP contribution in [-0.2, 0) is 13.2 Å². The van der Waals surface area contributed by atoms with Gasteiger partial charge >= 0.3 is 6.18 Å². The Balaban J connectivity index is 2.33. The highest BCUT2D eigenvalue weighted by Crippen LogP contribution is 2.31. The molecule has 0 aliphatic rings. The van der Waals surface area contributed by atoms with Gasteiger partial charge < -0.3 is 0 Å². The lowest BCUT2D eigenvalue weighted by Crippen LogP contribution is -2.23. The SMILES string of the molecule is Cn1ncc2nn(-c3cc(C(F)(F)F)ccc3F)c(=O)c(Cl)c21. The van der Waals surface area contributed by atoms with Gasteiger partial charge in [-0.05, 0) is 18.2 Å². The summed E-state index contributed by atoms with van der Waals surface area (Å²) < 4.78 is 54.1. The van der Waals surface area contributed by atoms with Crippen LogP contribution in [0.5, 0.6) is 0 Å². The maximum atomic E-state index is 13.9. The Hall–Kier alpha value is -2.42. The van der Waals surface area contributed by atoms with E-state index in [9.17, 15) is 22.4 Å². The van der Waals surface area contributed by atoms with Crippen LogP contribution < -0.4 is 5.56 Å². The lowest BCUT2D eigenvalue weighted by Gasteiger charge is -2.11. The van der Waals surface area contributed by atoms with Crippen LogP contribution in [0.2, 0.25) is 5.02 Å². The van der Waals surface area contributed by atoms with Gasteiger partial charge in [-0.3, -0.25) is 9.48 Å². The highest BCUT2D eigenvalue weighted by Gasteiger charge is 2.31. The lowest BCUT2D eigenvalue weighted by atomic mass is 10.2. The van der Waals surface area contributed by atoms with Gasteiger partial charge in [0, 0.05) is 7.05 Å². The van der Waals surface area contributed by atoms with Crippen LogP contribution in [0.4, 0.5) is 17.6 Å². The standard InChI is InChI=1S/C13H7ClF4N4O/c1-21-11-8(5-19-21)20-22(12(23)10(11)14)9-4-6(13(16,17)18)2-3-7(9)15/h2-5H,1H3. The van der Waals surface area contributed by atoms with Crippen LogP contribution in [0.15, 0.2) is 29.2 Å². The minimum absolute atomic E-state index is 0.147. The Morgan fingerprint density at radius 3 is 2.61 bits per heavy atom. The van der Waals surface area contributed by atoms with Gasteiger partial charge in [0.1, 0.15) is 27.6 Å². The Labute approximate surface area is 130 Å². The van der Waals surface area contributed by atoms with Gasteiger partial charge in [-0.1, -0.05) is 11.6 Å². The zero-order valence-electron chi connectivity index (χ0n) is 11.4. The third kappa shape index (κ3) is 2.46. The number of benzene rings is 1. The Morgan fingerprint density at radius 2 is 1.96 bits per heavy atom. The summed E-state index contributed by atoms with van der Waals surface area (Å²) in [5, 5.41) is 7.38. The van der Waals surface area contributed by atoms with Crippen molar-refractivity contribution in [2.24, 2.45) is 7.05 Å². The highest BCUT2D eigenvalue weighted by atomic mass is 35.5. The first-order valence-corrected chi connectivity index (χ1v) is 6.55. The van der Waals surface area contributed by atoms with E-state index in [1.54, 1.807) is 0 Å². The monoisotopic (exact) mass is 346 g/mol. The van der Waals surface area contributed by atoms with E-state index in [1.165, 1.54) is 17.9 Å². The van der Waals surface area contributed by atoms with Crippen molar-refractivity contribution in [2.75, 3.05) is 0 Å². The largest absolute Gasteiger partial charge is 0.416 e. The molecule has 0 aliphatic carbocycles. The zero-order valence-corrected chi connectivity index (χ0v) is 12.2. The van der Waals surface area contributed by atoms with Crippen molar-refractivity contribution < 1.29 is 17.6 Å². The van der Waals surface area contributed by atoms with E-state index >= 15 is 0 Å². The molecule has 0 fully saturated rings. The van der Waals surface area contributed by atoms with Crippen LogP contribution >= 0.6 is 11.6 Å². The molecule has 1 aromatic carbocycles. The molecule has 0 saturated carbocycles. The Bertz CT molecular complexity index is 976. The normalized spacial score (nSPS) is 12.1. The molecule has 120 valence electrons. The molecular formula is C13H7ClF4N4O. The Kier molecular flexibility index (Phi) is 3.40. The second-order valence-corrected chi connectivity index (χ2v) is 5.07.